The molecule has 4 heteroatoms. The number of carboxylic acids is 1. The standard InChI is InChI=1S/C9H8ClNO2/c10-7-3-1-6(2-4-7)5-8(11)9(12)13/h1-4,11H,5H2,(H,12,13). The van der Waals surface area contributed by atoms with Gasteiger partial charge in [-0.1, -0.05) is 23.7 Å². The molecular weight excluding hydrogens is 190 g/mol. The number of nitrogens with one attached hydrogen (secondary N) is 1. The number of carboxylic acid groups (broad SMARTS) is 1. The maximum Gasteiger partial charge on any atom is 0.349 e. The number of hydrogen-bond donors (Lipinski definition) is 2. The monoisotopic (exact) mass is 197 g/mol. The lowest BCUT2D eigenvalue weighted by Gasteiger charge is -1.99. The summed E-state index contributed by atoms with van der Waals surface area (Å²) in [6.07, 6.45) is 0.131. The first-order chi connectivity index (χ1) is 6.09. The molecule has 1 aromatic rings. The van der Waals surface area contributed by atoms with Crippen LogP contribution < -0.4 is 0 Å². The number of benzene rings is 1. The molecule has 0 heterocycles. The highest BCUT2D eigenvalue weighted by Gasteiger charge is 2.06. The Hall–Kier alpha value is -1.35. The second kappa shape index (κ2) is 4.05. The molecular formula is C9H8ClNO2. The van der Waals surface area contributed by atoms with E-state index in [2.05, 4.69) is 0 Å². The van der Waals surface area contributed by atoms with E-state index in [1.165, 1.54) is 0 Å². The Morgan fingerprint density at radius 1 is 1.38 bits per heavy atom. The van der Waals surface area contributed by atoms with Gasteiger partial charge in [0, 0.05) is 11.4 Å². The van der Waals surface area contributed by atoms with Crippen molar-refractivity contribution in [1.29, 1.82) is 5.41 Å². The van der Waals surface area contributed by atoms with Crippen molar-refractivity contribution < 1.29 is 9.90 Å². The summed E-state index contributed by atoms with van der Waals surface area (Å²) in [6.45, 7) is 0. The van der Waals surface area contributed by atoms with Crippen LogP contribution >= 0.6 is 11.6 Å². The first-order valence-electron chi connectivity index (χ1n) is 3.65. The third-order valence-corrected chi connectivity index (χ3v) is 1.80. The van der Waals surface area contributed by atoms with Crippen LogP contribution in [0.5, 0.6) is 0 Å². The van der Waals surface area contributed by atoms with Gasteiger partial charge >= 0.3 is 5.97 Å². The van der Waals surface area contributed by atoms with Crippen LogP contribution in [0.1, 0.15) is 5.56 Å². The summed E-state index contributed by atoms with van der Waals surface area (Å²) in [5, 5.41) is 16.2. The molecule has 0 aromatic heterocycles. The van der Waals surface area contributed by atoms with E-state index in [9.17, 15) is 4.79 Å². The zero-order valence-electron chi connectivity index (χ0n) is 6.75. The molecule has 0 unspecified atom stereocenters. The molecule has 2 N–H and O–H groups in total. The van der Waals surface area contributed by atoms with Gasteiger partial charge in [-0.3, -0.25) is 5.41 Å². The van der Waals surface area contributed by atoms with Crippen molar-refractivity contribution in [2.45, 2.75) is 6.42 Å². The van der Waals surface area contributed by atoms with E-state index in [1.807, 2.05) is 0 Å². The van der Waals surface area contributed by atoms with Gasteiger partial charge in [0.1, 0.15) is 5.71 Å². The van der Waals surface area contributed by atoms with Crippen LogP contribution in [0.3, 0.4) is 0 Å². The number of carbonyl (C=O) groups is 1. The van der Waals surface area contributed by atoms with Crippen LogP contribution in [0, 0.1) is 5.41 Å². The quantitative estimate of drug-likeness (QED) is 0.728. The number of halogens is 1. The predicted octanol–water partition coefficient (Wildman–Crippen LogP) is 1.99. The molecule has 0 spiro atoms. The average molecular weight is 198 g/mol. The largest absolute Gasteiger partial charge is 0.477 e. The van der Waals surface area contributed by atoms with Gasteiger partial charge in [0.2, 0.25) is 0 Å². The van der Waals surface area contributed by atoms with E-state index in [0.29, 0.717) is 5.02 Å². The summed E-state index contributed by atoms with van der Waals surface area (Å²) in [7, 11) is 0. The van der Waals surface area contributed by atoms with Crippen LogP contribution in [0.2, 0.25) is 5.02 Å². The van der Waals surface area contributed by atoms with Crippen LogP contribution in [-0.2, 0) is 11.2 Å². The Morgan fingerprint density at radius 2 is 1.92 bits per heavy atom. The third kappa shape index (κ3) is 2.87. The lowest BCUT2D eigenvalue weighted by Crippen LogP contribution is -2.13. The highest BCUT2D eigenvalue weighted by Crippen LogP contribution is 2.10. The van der Waals surface area contributed by atoms with Crippen LogP contribution in [0.15, 0.2) is 24.3 Å². The molecule has 68 valence electrons. The minimum atomic E-state index is -1.19. The summed E-state index contributed by atoms with van der Waals surface area (Å²) in [5.41, 5.74) is 0.458. The molecule has 0 aliphatic carbocycles. The van der Waals surface area contributed by atoms with E-state index in [1.54, 1.807) is 24.3 Å². The molecule has 0 atom stereocenters. The SMILES string of the molecule is N=C(Cc1ccc(Cl)cc1)C(=O)O. The molecule has 0 aliphatic heterocycles. The Kier molecular flexibility index (Phi) is 3.03. The molecule has 0 aliphatic rings. The summed E-state index contributed by atoms with van der Waals surface area (Å²) >= 11 is 5.64. The molecule has 0 saturated carbocycles. The normalized spacial score (nSPS) is 9.62. The van der Waals surface area contributed by atoms with Crippen molar-refractivity contribution >= 4 is 23.3 Å². The van der Waals surface area contributed by atoms with Gasteiger partial charge in [-0.25, -0.2) is 4.79 Å². The van der Waals surface area contributed by atoms with Gasteiger partial charge in [-0.15, -0.1) is 0 Å². The Morgan fingerprint density at radius 3 is 2.38 bits per heavy atom. The molecule has 0 bridgehead atoms. The zero-order valence-corrected chi connectivity index (χ0v) is 7.51. The lowest BCUT2D eigenvalue weighted by molar-refractivity contribution is -0.129. The minimum Gasteiger partial charge on any atom is -0.477 e. The van der Waals surface area contributed by atoms with Gasteiger partial charge in [-0.05, 0) is 17.7 Å². The Balaban J connectivity index is 2.70. The van der Waals surface area contributed by atoms with Gasteiger partial charge in [0.05, 0.1) is 0 Å². The van der Waals surface area contributed by atoms with Crippen molar-refractivity contribution in [2.24, 2.45) is 0 Å². The zero-order chi connectivity index (χ0) is 9.84. The second-order valence-electron chi connectivity index (χ2n) is 2.59. The van der Waals surface area contributed by atoms with Gasteiger partial charge in [-0.2, -0.15) is 0 Å². The maximum atomic E-state index is 10.3. The molecule has 0 radical (unpaired) electrons. The maximum absolute atomic E-state index is 10.3. The second-order valence-corrected chi connectivity index (χ2v) is 3.02. The number of aliphatic carboxylic acids is 1. The number of hydrogen-bond acceptors (Lipinski definition) is 2. The highest BCUT2D eigenvalue weighted by molar-refractivity contribution is 6.34. The minimum absolute atomic E-state index is 0.131. The van der Waals surface area contributed by atoms with Gasteiger partial charge in [0.15, 0.2) is 0 Å². The van der Waals surface area contributed by atoms with Crippen LogP contribution in [0.25, 0.3) is 0 Å². The Labute approximate surface area is 80.5 Å². The van der Waals surface area contributed by atoms with E-state index < -0.39 is 5.97 Å². The van der Waals surface area contributed by atoms with Gasteiger partial charge < -0.3 is 5.11 Å². The summed E-state index contributed by atoms with van der Waals surface area (Å²) in [4.78, 5) is 10.3. The van der Waals surface area contributed by atoms with Gasteiger partial charge in [0.25, 0.3) is 0 Å². The lowest BCUT2D eigenvalue weighted by atomic mass is 10.1. The number of rotatable bonds is 3. The fourth-order valence-electron chi connectivity index (χ4n) is 0.882. The van der Waals surface area contributed by atoms with E-state index in [-0.39, 0.29) is 12.1 Å². The first kappa shape index (κ1) is 9.74. The Bertz CT molecular complexity index is 332. The van der Waals surface area contributed by atoms with Crippen molar-refractivity contribution in [3.8, 4) is 0 Å². The van der Waals surface area contributed by atoms with E-state index >= 15 is 0 Å². The fourth-order valence-corrected chi connectivity index (χ4v) is 1.01. The molecule has 3 nitrogen and oxygen atoms in total. The van der Waals surface area contributed by atoms with E-state index in [4.69, 9.17) is 22.1 Å². The van der Waals surface area contributed by atoms with Crippen molar-refractivity contribution in [3.63, 3.8) is 0 Å². The van der Waals surface area contributed by atoms with E-state index in [0.717, 1.165) is 5.56 Å². The molecule has 0 amide bonds. The van der Waals surface area contributed by atoms with Crippen LogP contribution in [-0.4, -0.2) is 16.8 Å². The third-order valence-electron chi connectivity index (χ3n) is 1.55. The molecule has 0 saturated heterocycles. The molecule has 1 aromatic carbocycles. The smallest absolute Gasteiger partial charge is 0.349 e. The molecule has 13 heavy (non-hydrogen) atoms. The van der Waals surface area contributed by atoms with Crippen molar-refractivity contribution in [3.05, 3.63) is 34.9 Å². The van der Waals surface area contributed by atoms with Crippen molar-refractivity contribution in [2.75, 3.05) is 0 Å². The first-order valence-corrected chi connectivity index (χ1v) is 4.02. The average Bonchev–Trinajstić information content (AvgIpc) is 2.08. The fraction of sp³-hybridized carbons (Fsp3) is 0.111. The summed E-state index contributed by atoms with van der Waals surface area (Å²) < 4.78 is 0. The van der Waals surface area contributed by atoms with Crippen molar-refractivity contribution in [1.82, 2.24) is 0 Å². The molecule has 1 rings (SSSR count). The topological polar surface area (TPSA) is 61.2 Å². The highest BCUT2D eigenvalue weighted by atomic mass is 35.5. The molecule has 0 fully saturated rings. The predicted molar refractivity (Wildman–Crippen MR) is 50.5 cm³/mol. The van der Waals surface area contributed by atoms with Crippen LogP contribution in [0.4, 0.5) is 0 Å². The summed E-state index contributed by atoms with van der Waals surface area (Å²) in [5.74, 6) is -1.19. The summed E-state index contributed by atoms with van der Waals surface area (Å²) in [6, 6.07) is 6.76.